The third-order valence-corrected chi connectivity index (χ3v) is 5.09. The molecule has 4 atom stereocenters. The summed E-state index contributed by atoms with van der Waals surface area (Å²) >= 11 is 0. The average Bonchev–Trinajstić information content (AvgIpc) is 2.83. The lowest BCUT2D eigenvalue weighted by Gasteiger charge is -2.42. The highest BCUT2D eigenvalue weighted by atomic mass is 16.6. The highest BCUT2D eigenvalue weighted by molar-refractivity contribution is 5.67. The molecular weight excluding hydrogens is 482 g/mol. The Balaban J connectivity index is 2.04. The maximum Gasteiger partial charge on any atom is 0.407 e. The summed E-state index contributed by atoms with van der Waals surface area (Å²) < 4.78 is 28.0. The van der Waals surface area contributed by atoms with Crippen LogP contribution in [0.4, 0.5) is 4.79 Å². The normalized spacial score (nSPS) is 21.4. The molecule has 1 aromatic rings. The molecule has 1 fully saturated rings. The first-order valence-corrected chi connectivity index (χ1v) is 11.3. The molecule has 0 radical (unpaired) electrons. The van der Waals surface area contributed by atoms with Gasteiger partial charge in [0.2, 0.25) is 0 Å². The van der Waals surface area contributed by atoms with Crippen molar-refractivity contribution in [2.75, 3.05) is 33.0 Å². The van der Waals surface area contributed by atoms with E-state index in [9.17, 15) is 19.2 Å². The molecule has 36 heavy (non-hydrogen) atoms. The van der Waals surface area contributed by atoms with Gasteiger partial charge < -0.3 is 44.3 Å². The molecule has 1 amide bonds. The van der Waals surface area contributed by atoms with Crippen LogP contribution in [0.5, 0.6) is 0 Å². The molecule has 13 nitrogen and oxygen atoms in total. The molecule has 0 spiro atoms. The Hall–Kier alpha value is -3.26. The molecule has 200 valence electrons. The number of rotatable bonds is 16. The lowest BCUT2D eigenvalue weighted by atomic mass is 9.99. The number of amides is 1. The van der Waals surface area contributed by atoms with E-state index in [2.05, 4.69) is 5.32 Å². The quantitative estimate of drug-likeness (QED) is 0.245. The Morgan fingerprint density at radius 2 is 1.39 bits per heavy atom. The van der Waals surface area contributed by atoms with Crippen molar-refractivity contribution in [3.8, 4) is 0 Å². The number of nitrogens with one attached hydrogen (secondary N) is 1. The number of carbonyl (C=O) groups excluding carboxylic acids is 1. The summed E-state index contributed by atoms with van der Waals surface area (Å²) in [4.78, 5) is 44.9. The predicted octanol–water partition coefficient (Wildman–Crippen LogP) is 0.891. The van der Waals surface area contributed by atoms with E-state index >= 15 is 0 Å². The molecule has 0 aliphatic carbocycles. The Morgan fingerprint density at radius 1 is 0.833 bits per heavy atom. The van der Waals surface area contributed by atoms with Crippen LogP contribution >= 0.6 is 0 Å². The predicted molar refractivity (Wildman–Crippen MR) is 120 cm³/mol. The summed E-state index contributed by atoms with van der Waals surface area (Å²) in [5, 5.41) is 29.4. The van der Waals surface area contributed by atoms with Crippen LogP contribution in [0.25, 0.3) is 0 Å². The minimum absolute atomic E-state index is 0.0527. The summed E-state index contributed by atoms with van der Waals surface area (Å²) in [6.45, 7) is -0.640. The first kappa shape index (κ1) is 29.0. The van der Waals surface area contributed by atoms with Crippen LogP contribution < -0.4 is 5.32 Å². The minimum Gasteiger partial charge on any atom is -0.481 e. The molecule has 0 aromatic heterocycles. The van der Waals surface area contributed by atoms with Gasteiger partial charge in [0, 0.05) is 6.54 Å². The van der Waals surface area contributed by atoms with Crippen molar-refractivity contribution in [2.45, 2.75) is 50.3 Å². The molecule has 0 bridgehead atoms. The van der Waals surface area contributed by atoms with Crippen molar-refractivity contribution < 1.29 is 58.2 Å². The molecule has 13 heteroatoms. The summed E-state index contributed by atoms with van der Waals surface area (Å²) in [5.74, 6) is -3.25. The number of carbonyl (C=O) groups is 4. The summed E-state index contributed by atoms with van der Waals surface area (Å²) in [6.07, 6.45) is -5.09. The third-order valence-electron chi connectivity index (χ3n) is 5.09. The van der Waals surface area contributed by atoms with E-state index < -0.39 is 48.4 Å². The largest absolute Gasteiger partial charge is 0.481 e. The molecule has 0 unspecified atom stereocenters. The number of alkyl carbamates (subject to hydrolysis) is 1. The fraction of sp³-hybridized carbons (Fsp3) is 0.565. The van der Waals surface area contributed by atoms with Gasteiger partial charge in [0.15, 0.2) is 0 Å². The zero-order valence-electron chi connectivity index (χ0n) is 19.6. The second-order valence-corrected chi connectivity index (χ2v) is 7.83. The molecule has 1 aliphatic rings. The number of benzene rings is 1. The van der Waals surface area contributed by atoms with Crippen molar-refractivity contribution in [1.29, 1.82) is 0 Å². The second kappa shape index (κ2) is 15.7. The SMILES string of the molecule is O=C(O)CCO[C@H]1[C@H](OCCC(=O)O)[C@@H](CNC(=O)OCc2ccccc2)OC[C@@H]1OCCC(=O)O. The van der Waals surface area contributed by atoms with Gasteiger partial charge in [0.1, 0.15) is 31.0 Å². The van der Waals surface area contributed by atoms with Gasteiger partial charge in [-0.3, -0.25) is 14.4 Å². The molecule has 1 heterocycles. The highest BCUT2D eigenvalue weighted by Crippen LogP contribution is 2.24. The zero-order chi connectivity index (χ0) is 26.3. The molecule has 2 rings (SSSR count). The van der Waals surface area contributed by atoms with Gasteiger partial charge in [-0.05, 0) is 5.56 Å². The maximum atomic E-state index is 12.2. The van der Waals surface area contributed by atoms with Crippen molar-refractivity contribution >= 4 is 24.0 Å². The van der Waals surface area contributed by atoms with Crippen LogP contribution in [0.3, 0.4) is 0 Å². The smallest absolute Gasteiger partial charge is 0.407 e. The summed E-state index contributed by atoms with van der Waals surface area (Å²) in [5.41, 5.74) is 0.796. The van der Waals surface area contributed by atoms with E-state index in [1.165, 1.54) is 0 Å². The number of carboxylic acids is 3. The number of carboxylic acid groups (broad SMARTS) is 3. The first-order valence-electron chi connectivity index (χ1n) is 11.3. The van der Waals surface area contributed by atoms with Crippen LogP contribution in [-0.4, -0.2) is 96.7 Å². The van der Waals surface area contributed by atoms with E-state index in [1.54, 1.807) is 12.1 Å². The minimum atomic E-state index is -1.09. The van der Waals surface area contributed by atoms with Gasteiger partial charge >= 0.3 is 24.0 Å². The summed E-state index contributed by atoms with van der Waals surface area (Å²) in [6, 6.07) is 9.05. The number of aliphatic carboxylic acids is 3. The molecule has 1 aromatic carbocycles. The van der Waals surface area contributed by atoms with Crippen molar-refractivity contribution in [3.05, 3.63) is 35.9 Å². The van der Waals surface area contributed by atoms with Crippen molar-refractivity contribution in [3.63, 3.8) is 0 Å². The molecule has 4 N–H and O–H groups in total. The molecule has 1 aliphatic heterocycles. The number of ether oxygens (including phenoxy) is 5. The summed E-state index contributed by atoms with van der Waals surface area (Å²) in [7, 11) is 0. The van der Waals surface area contributed by atoms with E-state index in [1.807, 2.05) is 18.2 Å². The Morgan fingerprint density at radius 3 is 1.97 bits per heavy atom. The van der Waals surface area contributed by atoms with Crippen LogP contribution in [0.1, 0.15) is 24.8 Å². The van der Waals surface area contributed by atoms with Gasteiger partial charge in [-0.25, -0.2) is 4.79 Å². The van der Waals surface area contributed by atoms with Gasteiger partial charge in [-0.2, -0.15) is 0 Å². The van der Waals surface area contributed by atoms with Crippen LogP contribution in [-0.2, 0) is 44.7 Å². The standard InChI is InChI=1S/C23H31NO12/c25-18(26)6-9-32-17-14-35-16(12-24-23(31)36-13-15-4-2-1-3-5-15)21(33-10-7-19(27)28)22(17)34-11-8-20(29)30/h1-5,16-17,21-22H,6-14H2,(H,24,31)(H,25,26)(H,27,28)(H,29,30)/t16-,17+,21-,22-/m1/s1. The molecule has 0 saturated carbocycles. The Kier molecular flexibility index (Phi) is 12.6. The second-order valence-electron chi connectivity index (χ2n) is 7.83. The zero-order valence-corrected chi connectivity index (χ0v) is 19.6. The van der Waals surface area contributed by atoms with E-state index in [-0.39, 0.29) is 58.8 Å². The fourth-order valence-corrected chi connectivity index (χ4v) is 3.37. The first-order chi connectivity index (χ1) is 17.3. The monoisotopic (exact) mass is 513 g/mol. The lowest BCUT2D eigenvalue weighted by molar-refractivity contribution is -0.229. The van der Waals surface area contributed by atoms with Crippen molar-refractivity contribution in [2.24, 2.45) is 0 Å². The maximum absolute atomic E-state index is 12.2. The van der Waals surface area contributed by atoms with Crippen molar-refractivity contribution in [1.82, 2.24) is 5.32 Å². The van der Waals surface area contributed by atoms with Gasteiger partial charge in [0.25, 0.3) is 0 Å². The fourth-order valence-electron chi connectivity index (χ4n) is 3.37. The Bertz CT molecular complexity index is 849. The van der Waals surface area contributed by atoms with Gasteiger partial charge in [-0.15, -0.1) is 0 Å². The van der Waals surface area contributed by atoms with Crippen LogP contribution in [0, 0.1) is 0 Å². The van der Waals surface area contributed by atoms with Gasteiger partial charge in [-0.1, -0.05) is 30.3 Å². The average molecular weight is 513 g/mol. The van der Waals surface area contributed by atoms with Crippen LogP contribution in [0.15, 0.2) is 30.3 Å². The highest BCUT2D eigenvalue weighted by Gasteiger charge is 2.43. The number of hydrogen-bond donors (Lipinski definition) is 4. The van der Waals surface area contributed by atoms with E-state index in [4.69, 9.17) is 39.0 Å². The third kappa shape index (κ3) is 11.0. The lowest BCUT2D eigenvalue weighted by Crippen LogP contribution is -2.59. The Labute approximate surface area is 207 Å². The van der Waals surface area contributed by atoms with Crippen LogP contribution in [0.2, 0.25) is 0 Å². The number of hydrogen-bond acceptors (Lipinski definition) is 9. The molecular formula is C23H31NO12. The van der Waals surface area contributed by atoms with E-state index in [0.717, 1.165) is 5.56 Å². The molecule has 1 saturated heterocycles. The van der Waals surface area contributed by atoms with E-state index in [0.29, 0.717) is 0 Å². The van der Waals surface area contributed by atoms with Gasteiger partial charge in [0.05, 0.1) is 45.7 Å². The topological polar surface area (TPSA) is 187 Å².